The normalized spacial score (nSPS) is 17.4. The lowest BCUT2D eigenvalue weighted by molar-refractivity contribution is -0.142. The molecule has 1 aliphatic heterocycles. The van der Waals surface area contributed by atoms with Gasteiger partial charge < -0.3 is 38.0 Å². The summed E-state index contributed by atoms with van der Waals surface area (Å²) in [5.41, 5.74) is 1.46. The number of methoxy groups -OCH3 is 6. The van der Waals surface area contributed by atoms with Gasteiger partial charge in [0.15, 0.2) is 23.0 Å². The summed E-state index contributed by atoms with van der Waals surface area (Å²) in [6, 6.07) is 7.17. The van der Waals surface area contributed by atoms with Crippen LogP contribution in [0.5, 0.6) is 34.5 Å². The van der Waals surface area contributed by atoms with Crippen LogP contribution in [0.25, 0.3) is 0 Å². The van der Waals surface area contributed by atoms with Gasteiger partial charge in [-0.05, 0) is 35.4 Å². The minimum absolute atomic E-state index is 0.0697. The summed E-state index contributed by atoms with van der Waals surface area (Å²) in [5.74, 6) is 0.169. The first-order chi connectivity index (χ1) is 16.0. The van der Waals surface area contributed by atoms with E-state index in [1.165, 1.54) is 42.7 Å². The van der Waals surface area contributed by atoms with Gasteiger partial charge in [-0.3, -0.25) is 4.79 Å². The Bertz CT molecular complexity index is 903. The van der Waals surface area contributed by atoms with Gasteiger partial charge in [0, 0.05) is 11.8 Å². The molecule has 0 saturated carbocycles. The Morgan fingerprint density at radius 2 is 1.15 bits per heavy atom. The molecule has 3 rings (SSSR count). The monoisotopic (exact) mass is 460 g/mol. The van der Waals surface area contributed by atoms with Gasteiger partial charge >= 0.3 is 5.97 Å². The number of carbonyl (C=O) groups is 2. The van der Waals surface area contributed by atoms with Gasteiger partial charge in [0.25, 0.3) is 0 Å². The second-order valence-electron chi connectivity index (χ2n) is 7.35. The quantitative estimate of drug-likeness (QED) is 0.301. The molecule has 33 heavy (non-hydrogen) atoms. The average molecular weight is 460 g/mol. The zero-order valence-corrected chi connectivity index (χ0v) is 19.5. The van der Waals surface area contributed by atoms with Crippen molar-refractivity contribution in [2.24, 2.45) is 11.8 Å². The highest BCUT2D eigenvalue weighted by atomic mass is 16.5. The number of aldehydes is 1. The molecule has 1 saturated heterocycles. The van der Waals surface area contributed by atoms with E-state index in [9.17, 15) is 9.59 Å². The van der Waals surface area contributed by atoms with Crippen LogP contribution >= 0.6 is 0 Å². The Morgan fingerprint density at radius 3 is 1.45 bits per heavy atom. The maximum absolute atomic E-state index is 12.3. The Kier molecular flexibility index (Phi) is 7.52. The minimum Gasteiger partial charge on any atom is -0.493 e. The van der Waals surface area contributed by atoms with Crippen molar-refractivity contribution in [2.75, 3.05) is 49.3 Å². The van der Waals surface area contributed by atoms with E-state index in [0.29, 0.717) is 40.8 Å². The van der Waals surface area contributed by atoms with E-state index in [0.717, 1.165) is 11.1 Å². The fraction of sp³-hybridized carbons (Fsp3) is 0.417. The number of hydrogen-bond donors (Lipinski definition) is 0. The molecule has 1 heterocycles. The summed E-state index contributed by atoms with van der Waals surface area (Å²) < 4.78 is 38.3. The lowest BCUT2D eigenvalue weighted by atomic mass is 9.75. The Hall–Kier alpha value is -3.62. The molecule has 0 radical (unpaired) electrons. The smallest absolute Gasteiger partial charge is 0.316 e. The van der Waals surface area contributed by atoms with Crippen LogP contribution in [0.1, 0.15) is 17.0 Å². The molecule has 2 aromatic carbocycles. The summed E-state index contributed by atoms with van der Waals surface area (Å²) in [7, 11) is 9.11. The van der Waals surface area contributed by atoms with E-state index in [1.807, 2.05) is 0 Å². The number of rotatable bonds is 10. The fourth-order valence-corrected chi connectivity index (χ4v) is 4.26. The average Bonchev–Trinajstić information content (AvgIpc) is 3.22. The van der Waals surface area contributed by atoms with E-state index in [1.54, 1.807) is 24.3 Å². The van der Waals surface area contributed by atoms with Crippen molar-refractivity contribution in [3.05, 3.63) is 35.4 Å². The fourth-order valence-electron chi connectivity index (χ4n) is 4.26. The van der Waals surface area contributed by atoms with E-state index in [2.05, 4.69) is 0 Å². The molecule has 2 aromatic rings. The lowest BCUT2D eigenvalue weighted by Gasteiger charge is -2.27. The van der Waals surface area contributed by atoms with Gasteiger partial charge in [0.2, 0.25) is 11.5 Å². The highest BCUT2D eigenvalue weighted by molar-refractivity contribution is 5.90. The molecule has 0 N–H and O–H groups in total. The second-order valence-corrected chi connectivity index (χ2v) is 7.35. The molecule has 1 aliphatic rings. The summed E-state index contributed by atoms with van der Waals surface area (Å²) in [5, 5.41) is 0. The maximum Gasteiger partial charge on any atom is 0.316 e. The van der Waals surface area contributed by atoms with Crippen molar-refractivity contribution in [2.45, 2.75) is 5.92 Å². The van der Waals surface area contributed by atoms with E-state index >= 15 is 0 Å². The van der Waals surface area contributed by atoms with Gasteiger partial charge in [0.05, 0.1) is 49.3 Å². The molecule has 9 nitrogen and oxygen atoms in total. The first-order valence-electron chi connectivity index (χ1n) is 10.2. The van der Waals surface area contributed by atoms with Crippen LogP contribution in [-0.4, -0.2) is 61.5 Å². The molecule has 0 aliphatic carbocycles. The number of carbonyl (C=O) groups excluding carboxylic acids is 2. The van der Waals surface area contributed by atoms with Crippen molar-refractivity contribution < 1.29 is 42.7 Å². The summed E-state index contributed by atoms with van der Waals surface area (Å²) in [6.07, 6.45) is 0.628. The number of ether oxygens (including phenoxy) is 7. The number of esters is 1. The van der Waals surface area contributed by atoms with Crippen molar-refractivity contribution in [3.8, 4) is 34.5 Å². The molecule has 9 heteroatoms. The van der Waals surface area contributed by atoms with Crippen LogP contribution in [0.15, 0.2) is 24.3 Å². The van der Waals surface area contributed by atoms with Crippen molar-refractivity contribution in [1.29, 1.82) is 0 Å². The van der Waals surface area contributed by atoms with Gasteiger partial charge in [-0.2, -0.15) is 0 Å². The SMILES string of the molecule is COc1cc(C(c2cc(OC)c(OC)c(OC)c2)C2COC(=O)C2C=O)cc(OC)c1OC. The summed E-state index contributed by atoms with van der Waals surface area (Å²) in [6.45, 7) is 0.0697. The third-order valence-electron chi connectivity index (χ3n) is 5.82. The first kappa shape index (κ1) is 24.0. The van der Waals surface area contributed by atoms with Crippen molar-refractivity contribution in [3.63, 3.8) is 0 Å². The van der Waals surface area contributed by atoms with Crippen LogP contribution < -0.4 is 28.4 Å². The maximum atomic E-state index is 12.3. The van der Waals surface area contributed by atoms with Crippen LogP contribution in [-0.2, 0) is 14.3 Å². The molecular weight excluding hydrogens is 432 g/mol. The summed E-state index contributed by atoms with van der Waals surface area (Å²) in [4.78, 5) is 24.1. The number of hydrogen-bond acceptors (Lipinski definition) is 9. The topological polar surface area (TPSA) is 98.8 Å². The highest BCUT2D eigenvalue weighted by Gasteiger charge is 2.43. The summed E-state index contributed by atoms with van der Waals surface area (Å²) >= 11 is 0. The van der Waals surface area contributed by atoms with E-state index in [4.69, 9.17) is 33.2 Å². The number of cyclic esters (lactones) is 1. The van der Waals surface area contributed by atoms with E-state index < -0.39 is 23.7 Å². The van der Waals surface area contributed by atoms with Gasteiger partial charge in [0.1, 0.15) is 12.2 Å². The molecular formula is C24H28O9. The molecule has 178 valence electrons. The Labute approximate surface area is 192 Å². The highest BCUT2D eigenvalue weighted by Crippen LogP contribution is 2.48. The Balaban J connectivity index is 2.29. The predicted molar refractivity (Wildman–Crippen MR) is 118 cm³/mol. The molecule has 0 spiro atoms. The lowest BCUT2D eigenvalue weighted by Crippen LogP contribution is -2.25. The Morgan fingerprint density at radius 1 is 0.758 bits per heavy atom. The van der Waals surface area contributed by atoms with Crippen LogP contribution in [0, 0.1) is 11.8 Å². The molecule has 0 amide bonds. The third-order valence-corrected chi connectivity index (χ3v) is 5.82. The van der Waals surface area contributed by atoms with Gasteiger partial charge in [-0.1, -0.05) is 0 Å². The standard InChI is InChI=1S/C24H28O9/c1-27-17-7-13(8-18(28-2)22(17)31-5)21(16-12-33-24(26)15(16)11-25)14-9-19(29-3)23(32-6)20(10-14)30-4/h7-11,15-16,21H,12H2,1-6H3. The molecule has 1 fully saturated rings. The van der Waals surface area contributed by atoms with Crippen LogP contribution in [0.2, 0.25) is 0 Å². The zero-order valence-electron chi connectivity index (χ0n) is 19.5. The molecule has 0 bridgehead atoms. The molecule has 2 unspecified atom stereocenters. The largest absolute Gasteiger partial charge is 0.493 e. The predicted octanol–water partition coefficient (Wildman–Crippen LogP) is 2.86. The van der Waals surface area contributed by atoms with Gasteiger partial charge in [-0.15, -0.1) is 0 Å². The van der Waals surface area contributed by atoms with E-state index in [-0.39, 0.29) is 6.61 Å². The van der Waals surface area contributed by atoms with Crippen LogP contribution in [0.3, 0.4) is 0 Å². The molecule has 2 atom stereocenters. The number of benzene rings is 2. The van der Waals surface area contributed by atoms with Crippen LogP contribution in [0.4, 0.5) is 0 Å². The minimum atomic E-state index is -0.937. The van der Waals surface area contributed by atoms with Crippen molar-refractivity contribution in [1.82, 2.24) is 0 Å². The van der Waals surface area contributed by atoms with Gasteiger partial charge in [-0.25, -0.2) is 0 Å². The van der Waals surface area contributed by atoms with Crippen molar-refractivity contribution >= 4 is 12.3 Å². The first-order valence-corrected chi connectivity index (χ1v) is 10.2. The zero-order chi connectivity index (χ0) is 24.1. The second kappa shape index (κ2) is 10.3. The molecule has 0 aromatic heterocycles. The third kappa shape index (κ3) is 4.35.